The number of anilines is 1. The fourth-order valence-corrected chi connectivity index (χ4v) is 5.47. The van der Waals surface area contributed by atoms with Gasteiger partial charge >= 0.3 is 0 Å². The highest BCUT2D eigenvalue weighted by Crippen LogP contribution is 2.40. The molecule has 0 atom stereocenters. The average Bonchev–Trinajstić information content (AvgIpc) is 3.08. The Hall–Kier alpha value is -2.82. The summed E-state index contributed by atoms with van der Waals surface area (Å²) in [7, 11) is 0.137. The molecule has 3 rings (SSSR count). The number of amides is 1. The Morgan fingerprint density at radius 1 is 1.21 bits per heavy atom. The van der Waals surface area contributed by atoms with Gasteiger partial charge in [0.15, 0.2) is 0 Å². The van der Waals surface area contributed by atoms with Crippen LogP contribution in [0.1, 0.15) is 45.7 Å². The third-order valence-corrected chi connectivity index (χ3v) is 8.40. The molecular formula is C28H43N5O3S2. The average molecular weight is 562 g/mol. The van der Waals surface area contributed by atoms with Gasteiger partial charge in [-0.15, -0.1) is 27.2 Å². The number of nitrogens with one attached hydrogen (secondary N) is 1. The molecule has 2 N–H and O–H groups in total. The summed E-state index contributed by atoms with van der Waals surface area (Å²) in [6.07, 6.45) is 3.80. The van der Waals surface area contributed by atoms with E-state index < -0.39 is 10.3 Å². The van der Waals surface area contributed by atoms with Crippen LogP contribution in [0.25, 0.3) is 0 Å². The number of thioether (sulfide) groups is 1. The predicted molar refractivity (Wildman–Crippen MR) is 168 cm³/mol. The first-order valence-corrected chi connectivity index (χ1v) is 16.1. The molecule has 0 saturated heterocycles. The summed E-state index contributed by atoms with van der Waals surface area (Å²) < 4.78 is 15.5. The second kappa shape index (κ2) is 16.9. The number of hydrogen-bond acceptors (Lipinski definition) is 7. The number of ether oxygens (including phenoxy) is 1. The number of benzodiazepines with no additional fused rings is 1. The van der Waals surface area contributed by atoms with E-state index in [0.717, 1.165) is 50.6 Å². The van der Waals surface area contributed by atoms with Gasteiger partial charge in [0, 0.05) is 47.8 Å². The van der Waals surface area contributed by atoms with Crippen LogP contribution < -0.4 is 15.0 Å². The lowest BCUT2D eigenvalue weighted by molar-refractivity contribution is -0.118. The molecule has 0 aliphatic carbocycles. The summed E-state index contributed by atoms with van der Waals surface area (Å²) in [6, 6.07) is 14.4. The number of carbonyl (C=O) groups excluding carboxylic acids is 1. The number of rotatable bonds is 7. The van der Waals surface area contributed by atoms with E-state index in [-0.39, 0.29) is 5.91 Å². The first-order valence-electron chi connectivity index (χ1n) is 12.5. The molecule has 0 radical (unpaired) electrons. The van der Waals surface area contributed by atoms with Crippen LogP contribution in [-0.4, -0.2) is 73.1 Å². The van der Waals surface area contributed by atoms with Crippen molar-refractivity contribution in [3.8, 4) is 5.75 Å². The van der Waals surface area contributed by atoms with Gasteiger partial charge in [-0.3, -0.25) is 9.79 Å². The van der Waals surface area contributed by atoms with Crippen LogP contribution in [-0.2, 0) is 4.79 Å². The lowest BCUT2D eigenvalue weighted by atomic mass is 10.00. The maximum Gasteiger partial charge on any atom is 0.216 e. The van der Waals surface area contributed by atoms with Crippen molar-refractivity contribution >= 4 is 51.9 Å². The van der Waals surface area contributed by atoms with E-state index in [4.69, 9.17) is 9.73 Å². The van der Waals surface area contributed by atoms with Crippen molar-refractivity contribution in [3.05, 3.63) is 53.6 Å². The molecule has 2 aromatic carbocycles. The molecule has 1 aliphatic heterocycles. The molecule has 210 valence electrons. The van der Waals surface area contributed by atoms with Gasteiger partial charge in [-0.2, -0.15) is 5.10 Å². The van der Waals surface area contributed by atoms with Crippen LogP contribution in [0.15, 0.2) is 62.6 Å². The third-order valence-electron chi connectivity index (χ3n) is 5.02. The van der Waals surface area contributed by atoms with Crippen LogP contribution in [0.3, 0.4) is 0 Å². The van der Waals surface area contributed by atoms with Gasteiger partial charge in [0.05, 0.1) is 25.1 Å². The van der Waals surface area contributed by atoms with Crippen LogP contribution in [0.5, 0.6) is 5.75 Å². The fourth-order valence-electron chi connectivity index (χ4n) is 3.44. The molecule has 0 bridgehead atoms. The highest BCUT2D eigenvalue weighted by Gasteiger charge is 2.22. The topological polar surface area (TPSA) is 98.9 Å². The van der Waals surface area contributed by atoms with Crippen LogP contribution in [0.4, 0.5) is 5.69 Å². The number of nitrogens with zero attached hydrogens (tertiary/aromatic N) is 4. The standard InChI is InChI=1S/C22H28N4O2S2.C4H9NO.C2H6/c1-16(25-23-2)26-13-12-24-22(20-14-18(28-3)8-11-21(20)26)17-6-9-19(10-7-17)29-15-30(4,5)27;1-3-5-4(2)6;1-2/h6-11,14,27H,2,12-13,15H2,1,3-5H3;3H2,1-2H3,(H,5,6);1-2H3/b25-16-;;. The van der Waals surface area contributed by atoms with Crippen LogP contribution in [0, 0.1) is 0 Å². The van der Waals surface area contributed by atoms with Crippen molar-refractivity contribution < 1.29 is 14.1 Å². The smallest absolute Gasteiger partial charge is 0.216 e. The molecule has 1 heterocycles. The molecule has 38 heavy (non-hydrogen) atoms. The number of fused-ring (bicyclic) bond motifs is 1. The first kappa shape index (κ1) is 33.2. The number of methoxy groups -OCH3 is 1. The summed E-state index contributed by atoms with van der Waals surface area (Å²) in [4.78, 5) is 18.1. The lowest BCUT2D eigenvalue weighted by Gasteiger charge is -2.24. The van der Waals surface area contributed by atoms with Gasteiger partial charge in [0.1, 0.15) is 11.6 Å². The van der Waals surface area contributed by atoms with Crippen molar-refractivity contribution in [1.29, 1.82) is 0 Å². The van der Waals surface area contributed by atoms with Crippen molar-refractivity contribution in [2.45, 2.75) is 39.5 Å². The van der Waals surface area contributed by atoms with E-state index >= 15 is 0 Å². The molecule has 0 spiro atoms. The minimum atomic E-state index is -1.53. The highest BCUT2D eigenvalue weighted by atomic mass is 32.3. The fraction of sp³-hybridized carbons (Fsp3) is 0.429. The molecule has 0 aromatic heterocycles. The summed E-state index contributed by atoms with van der Waals surface area (Å²) in [5.41, 5.74) is 3.98. The molecule has 1 amide bonds. The van der Waals surface area contributed by atoms with Gasteiger partial charge in [-0.1, -0.05) is 26.0 Å². The Balaban J connectivity index is 0.000000795. The lowest BCUT2D eigenvalue weighted by Crippen LogP contribution is -2.31. The maximum atomic E-state index is 10.0. The molecule has 1 aliphatic rings. The quantitative estimate of drug-likeness (QED) is 0.183. The molecule has 2 aromatic rings. The highest BCUT2D eigenvalue weighted by molar-refractivity contribution is 8.34. The molecule has 0 unspecified atom stereocenters. The molecule has 0 fully saturated rings. The number of carbonyl (C=O) groups is 1. The maximum absolute atomic E-state index is 10.0. The Bertz CT molecular complexity index is 1100. The van der Waals surface area contributed by atoms with Gasteiger partial charge in [0.25, 0.3) is 0 Å². The SMILES string of the molecule is C=N/N=C(/C)N1CCN=C(c2ccc(SCS(C)(C)O)cc2)c2cc(OC)ccc21.CC.CCNC(C)=O. The predicted octanol–water partition coefficient (Wildman–Crippen LogP) is 6.14. The number of hydrogen-bond donors (Lipinski definition) is 2. The first-order chi connectivity index (χ1) is 18.1. The Morgan fingerprint density at radius 3 is 2.37 bits per heavy atom. The summed E-state index contributed by atoms with van der Waals surface area (Å²) in [6.45, 7) is 14.9. The normalized spacial score (nSPS) is 13.3. The van der Waals surface area contributed by atoms with Crippen molar-refractivity contribution in [2.75, 3.05) is 49.2 Å². The Labute approximate surface area is 234 Å². The number of benzene rings is 2. The second-order valence-electron chi connectivity index (χ2n) is 8.41. The molecule has 0 saturated carbocycles. The Morgan fingerprint density at radius 2 is 1.87 bits per heavy atom. The van der Waals surface area contributed by atoms with Crippen molar-refractivity contribution in [2.24, 2.45) is 15.2 Å². The molecule has 10 heteroatoms. The van der Waals surface area contributed by atoms with Gasteiger partial charge in [-0.05, 0) is 56.7 Å². The molecular weight excluding hydrogens is 518 g/mol. The van der Waals surface area contributed by atoms with Crippen LogP contribution in [0.2, 0.25) is 0 Å². The zero-order valence-electron chi connectivity index (χ0n) is 23.9. The van der Waals surface area contributed by atoms with Gasteiger partial charge in [0.2, 0.25) is 5.91 Å². The Kier molecular flexibility index (Phi) is 14.8. The monoisotopic (exact) mass is 561 g/mol. The summed E-state index contributed by atoms with van der Waals surface area (Å²) in [5, 5.41) is 11.1. The number of amidine groups is 1. The van der Waals surface area contributed by atoms with Gasteiger partial charge in [-0.25, -0.2) is 0 Å². The zero-order chi connectivity index (χ0) is 28.7. The van der Waals surface area contributed by atoms with E-state index in [1.807, 2.05) is 58.4 Å². The van der Waals surface area contributed by atoms with E-state index in [2.05, 4.69) is 51.4 Å². The number of aliphatic imine (C=N–C) groups is 1. The van der Waals surface area contributed by atoms with E-state index in [9.17, 15) is 9.35 Å². The summed E-state index contributed by atoms with van der Waals surface area (Å²) >= 11 is 1.68. The minimum absolute atomic E-state index is 0.0394. The van der Waals surface area contributed by atoms with E-state index in [0.29, 0.717) is 13.1 Å². The zero-order valence-corrected chi connectivity index (χ0v) is 25.6. The third kappa shape index (κ3) is 10.9. The van der Waals surface area contributed by atoms with E-state index in [1.165, 1.54) is 6.92 Å². The van der Waals surface area contributed by atoms with Crippen molar-refractivity contribution in [3.63, 3.8) is 0 Å². The largest absolute Gasteiger partial charge is 0.497 e. The van der Waals surface area contributed by atoms with Crippen LogP contribution >= 0.6 is 22.1 Å². The summed E-state index contributed by atoms with van der Waals surface area (Å²) in [5.74, 6) is 1.59. The molecule has 8 nitrogen and oxygen atoms in total. The van der Waals surface area contributed by atoms with Gasteiger partial charge < -0.3 is 19.5 Å². The van der Waals surface area contributed by atoms with E-state index in [1.54, 1.807) is 18.9 Å². The minimum Gasteiger partial charge on any atom is -0.497 e. The second-order valence-corrected chi connectivity index (χ2v) is 13.1. The van der Waals surface area contributed by atoms with Crippen molar-refractivity contribution in [1.82, 2.24) is 5.32 Å².